The van der Waals surface area contributed by atoms with Crippen LogP contribution in [0.2, 0.25) is 0 Å². The number of carbonyl (C=O) groups excluding carboxylic acids is 1. The number of hydrogen-bond donors (Lipinski definition) is 2. The molecule has 94 valence electrons. The summed E-state index contributed by atoms with van der Waals surface area (Å²) in [5.74, 6) is -0.340. The molecule has 0 heterocycles. The van der Waals surface area contributed by atoms with E-state index >= 15 is 0 Å². The molecule has 0 amide bonds. The number of ether oxygens (including phenoxy) is 2. The Morgan fingerprint density at radius 2 is 2.00 bits per heavy atom. The summed E-state index contributed by atoms with van der Waals surface area (Å²) in [6.45, 7) is 0. The number of hydrogen-bond acceptors (Lipinski definition) is 4. The van der Waals surface area contributed by atoms with Gasteiger partial charge in [0, 0.05) is 0 Å². The van der Waals surface area contributed by atoms with Crippen molar-refractivity contribution in [2.45, 2.75) is 6.16 Å². The Hall–Kier alpha value is -1.36. The fourth-order valence-electron chi connectivity index (χ4n) is 1.35. The summed E-state index contributed by atoms with van der Waals surface area (Å²) in [7, 11) is -1.53. The summed E-state index contributed by atoms with van der Waals surface area (Å²) in [6.07, 6.45) is -0.398. The Balaban J connectivity index is 3.09. The van der Waals surface area contributed by atoms with Gasteiger partial charge in [-0.1, -0.05) is 6.07 Å². The lowest BCUT2D eigenvalue weighted by Crippen LogP contribution is -2.04. The SMILES string of the molecule is COC(=O)c1ccc(CP(=O)(O)O)cc1OC. The van der Waals surface area contributed by atoms with Crippen molar-refractivity contribution in [2.75, 3.05) is 14.2 Å². The average Bonchev–Trinajstić information content (AvgIpc) is 2.25. The molecule has 1 rings (SSSR count). The average molecular weight is 260 g/mol. The van der Waals surface area contributed by atoms with E-state index in [1.807, 2.05) is 0 Å². The number of carbonyl (C=O) groups is 1. The van der Waals surface area contributed by atoms with Gasteiger partial charge in [-0.25, -0.2) is 4.79 Å². The lowest BCUT2D eigenvalue weighted by Gasteiger charge is -2.09. The molecule has 0 aliphatic rings. The van der Waals surface area contributed by atoms with Crippen molar-refractivity contribution in [3.8, 4) is 5.75 Å². The van der Waals surface area contributed by atoms with Crippen molar-refractivity contribution in [1.29, 1.82) is 0 Å². The number of esters is 1. The first kappa shape index (κ1) is 13.7. The van der Waals surface area contributed by atoms with E-state index in [0.29, 0.717) is 5.56 Å². The van der Waals surface area contributed by atoms with E-state index in [1.165, 1.54) is 32.4 Å². The molecule has 2 N–H and O–H groups in total. The maximum Gasteiger partial charge on any atom is 0.341 e. The Labute approximate surface area is 98.3 Å². The molecule has 7 heteroatoms. The molecular formula is C10H13O6P. The normalized spacial score (nSPS) is 11.1. The molecule has 0 atom stereocenters. The lowest BCUT2D eigenvalue weighted by molar-refractivity contribution is 0.0597. The lowest BCUT2D eigenvalue weighted by atomic mass is 10.1. The zero-order valence-electron chi connectivity index (χ0n) is 9.41. The second-order valence-electron chi connectivity index (χ2n) is 3.35. The molecule has 0 radical (unpaired) electrons. The molecule has 0 unspecified atom stereocenters. The minimum atomic E-state index is -4.14. The standard InChI is InChI=1S/C10H13O6P/c1-15-9-5-7(6-17(12,13)14)3-4-8(9)10(11)16-2/h3-5H,6H2,1-2H3,(H2,12,13,14). The van der Waals surface area contributed by atoms with Gasteiger partial charge in [0.25, 0.3) is 0 Å². The molecule has 0 bridgehead atoms. The smallest absolute Gasteiger partial charge is 0.341 e. The zero-order valence-corrected chi connectivity index (χ0v) is 10.3. The maximum absolute atomic E-state index is 11.3. The third-order valence-electron chi connectivity index (χ3n) is 2.06. The van der Waals surface area contributed by atoms with Gasteiger partial charge in [0.2, 0.25) is 0 Å². The molecule has 0 aliphatic heterocycles. The van der Waals surface area contributed by atoms with Gasteiger partial charge in [-0.05, 0) is 17.7 Å². The molecule has 0 fully saturated rings. The summed E-state index contributed by atoms with van der Waals surface area (Å²) in [5.41, 5.74) is 0.604. The number of rotatable bonds is 4. The summed E-state index contributed by atoms with van der Waals surface area (Å²) >= 11 is 0. The predicted molar refractivity (Wildman–Crippen MR) is 60.1 cm³/mol. The Kier molecular flexibility index (Phi) is 4.28. The van der Waals surface area contributed by atoms with E-state index in [4.69, 9.17) is 14.5 Å². The van der Waals surface area contributed by atoms with Crippen molar-refractivity contribution in [1.82, 2.24) is 0 Å². The van der Waals surface area contributed by atoms with Crippen molar-refractivity contribution in [2.24, 2.45) is 0 Å². The molecule has 6 nitrogen and oxygen atoms in total. The van der Waals surface area contributed by atoms with E-state index < -0.39 is 19.7 Å². The van der Waals surface area contributed by atoms with Crippen LogP contribution in [-0.4, -0.2) is 30.0 Å². The fourth-order valence-corrected chi connectivity index (χ4v) is 2.02. The first-order valence-electron chi connectivity index (χ1n) is 4.67. The Morgan fingerprint density at radius 1 is 1.35 bits per heavy atom. The van der Waals surface area contributed by atoms with Crippen molar-refractivity contribution in [3.63, 3.8) is 0 Å². The third kappa shape index (κ3) is 3.85. The van der Waals surface area contributed by atoms with Gasteiger partial charge in [0.15, 0.2) is 0 Å². The second-order valence-corrected chi connectivity index (χ2v) is 4.99. The van der Waals surface area contributed by atoms with E-state index in [0.717, 1.165) is 0 Å². The van der Waals surface area contributed by atoms with Crippen molar-refractivity contribution in [3.05, 3.63) is 29.3 Å². The highest BCUT2D eigenvalue weighted by Gasteiger charge is 2.18. The van der Waals surface area contributed by atoms with E-state index in [-0.39, 0.29) is 11.3 Å². The fraction of sp³-hybridized carbons (Fsp3) is 0.300. The van der Waals surface area contributed by atoms with Crippen LogP contribution in [0.4, 0.5) is 0 Å². The minimum absolute atomic E-state index is 0.212. The van der Waals surface area contributed by atoms with Crippen LogP contribution in [-0.2, 0) is 15.5 Å². The largest absolute Gasteiger partial charge is 0.496 e. The van der Waals surface area contributed by atoms with Crippen LogP contribution >= 0.6 is 7.60 Å². The highest BCUT2D eigenvalue weighted by molar-refractivity contribution is 7.50. The first-order chi connectivity index (χ1) is 7.87. The third-order valence-corrected chi connectivity index (χ3v) is 2.84. The first-order valence-corrected chi connectivity index (χ1v) is 6.47. The summed E-state index contributed by atoms with van der Waals surface area (Å²) in [4.78, 5) is 29.0. The van der Waals surface area contributed by atoms with Crippen molar-refractivity contribution >= 4 is 13.6 Å². The molecule has 1 aromatic rings. The quantitative estimate of drug-likeness (QED) is 0.623. The maximum atomic E-state index is 11.3. The van der Waals surface area contributed by atoms with Gasteiger partial charge in [0.1, 0.15) is 11.3 Å². The second kappa shape index (κ2) is 5.31. The Bertz CT molecular complexity index is 464. The molecule has 0 saturated heterocycles. The van der Waals surface area contributed by atoms with Crippen LogP contribution in [0.1, 0.15) is 15.9 Å². The van der Waals surface area contributed by atoms with Crippen LogP contribution in [0.25, 0.3) is 0 Å². The summed E-state index contributed by atoms with van der Waals surface area (Å²) in [6, 6.07) is 4.27. The predicted octanol–water partition coefficient (Wildman–Crippen LogP) is 1.16. The van der Waals surface area contributed by atoms with Gasteiger partial charge in [0.05, 0.1) is 20.4 Å². The van der Waals surface area contributed by atoms with Crippen LogP contribution in [0.3, 0.4) is 0 Å². The van der Waals surface area contributed by atoms with Crippen LogP contribution in [0.15, 0.2) is 18.2 Å². The molecule has 17 heavy (non-hydrogen) atoms. The molecule has 0 saturated carbocycles. The van der Waals surface area contributed by atoms with E-state index in [2.05, 4.69) is 4.74 Å². The summed E-state index contributed by atoms with van der Waals surface area (Å²) < 4.78 is 20.4. The monoisotopic (exact) mass is 260 g/mol. The van der Waals surface area contributed by atoms with Crippen LogP contribution in [0.5, 0.6) is 5.75 Å². The number of benzene rings is 1. The topological polar surface area (TPSA) is 93.1 Å². The highest BCUT2D eigenvalue weighted by Crippen LogP contribution is 2.39. The Morgan fingerprint density at radius 3 is 2.47 bits per heavy atom. The molecular weight excluding hydrogens is 247 g/mol. The molecule has 0 aromatic heterocycles. The van der Waals surface area contributed by atoms with E-state index in [9.17, 15) is 9.36 Å². The van der Waals surface area contributed by atoms with Crippen molar-refractivity contribution < 1.29 is 28.6 Å². The minimum Gasteiger partial charge on any atom is -0.496 e. The number of methoxy groups -OCH3 is 2. The van der Waals surface area contributed by atoms with Gasteiger partial charge in [-0.3, -0.25) is 4.57 Å². The highest BCUT2D eigenvalue weighted by atomic mass is 31.2. The van der Waals surface area contributed by atoms with Gasteiger partial charge < -0.3 is 19.3 Å². The van der Waals surface area contributed by atoms with Gasteiger partial charge in [-0.2, -0.15) is 0 Å². The van der Waals surface area contributed by atoms with Crippen LogP contribution < -0.4 is 4.74 Å². The summed E-state index contributed by atoms with van der Waals surface area (Å²) in [5, 5.41) is 0. The molecule has 1 aromatic carbocycles. The molecule has 0 spiro atoms. The van der Waals surface area contributed by atoms with Gasteiger partial charge in [-0.15, -0.1) is 0 Å². The zero-order chi connectivity index (χ0) is 13.1. The van der Waals surface area contributed by atoms with Gasteiger partial charge >= 0.3 is 13.6 Å². The molecule has 0 aliphatic carbocycles. The van der Waals surface area contributed by atoms with E-state index in [1.54, 1.807) is 0 Å². The van der Waals surface area contributed by atoms with Crippen LogP contribution in [0, 0.1) is 0 Å².